The van der Waals surface area contributed by atoms with Crippen LogP contribution in [-0.2, 0) is 11.3 Å². The number of benzene rings is 1. The maximum absolute atomic E-state index is 11.8. The van der Waals surface area contributed by atoms with Gasteiger partial charge in [0.25, 0.3) is 5.91 Å². The fourth-order valence-corrected chi connectivity index (χ4v) is 2.21. The number of nitrogens with one attached hydrogen (secondary N) is 2. The van der Waals surface area contributed by atoms with Crippen LogP contribution in [-0.4, -0.2) is 25.6 Å². The molecule has 0 spiro atoms. The summed E-state index contributed by atoms with van der Waals surface area (Å²) in [5.74, 6) is 0.741. The van der Waals surface area contributed by atoms with Gasteiger partial charge in [0.2, 0.25) is 0 Å². The first kappa shape index (κ1) is 16.5. The Bertz CT molecular complexity index is 432. The summed E-state index contributed by atoms with van der Waals surface area (Å²) in [4.78, 5) is 11.8. The van der Waals surface area contributed by atoms with Gasteiger partial charge in [-0.05, 0) is 32.9 Å². The number of amides is 1. The zero-order valence-corrected chi connectivity index (χ0v) is 13.0. The largest absolute Gasteiger partial charge is 0.483 e. The molecule has 0 fully saturated rings. The molecule has 0 saturated heterocycles. The lowest BCUT2D eigenvalue weighted by molar-refractivity contribution is -0.123. The van der Waals surface area contributed by atoms with Crippen LogP contribution in [0.15, 0.2) is 18.2 Å². The number of hydrogen-bond acceptors (Lipinski definition) is 3. The van der Waals surface area contributed by atoms with Crippen molar-refractivity contribution in [2.75, 3.05) is 13.7 Å². The molecular formula is C16H26N2O2. The number of carbonyl (C=O) groups excluding carboxylic acids is 1. The second-order valence-corrected chi connectivity index (χ2v) is 5.14. The smallest absolute Gasteiger partial charge is 0.258 e. The predicted octanol–water partition coefficient (Wildman–Crippen LogP) is 2.40. The first-order chi connectivity index (χ1) is 9.58. The summed E-state index contributed by atoms with van der Waals surface area (Å²) < 4.78 is 5.71. The maximum atomic E-state index is 11.8. The van der Waals surface area contributed by atoms with E-state index < -0.39 is 0 Å². The third-order valence-corrected chi connectivity index (χ3v) is 3.14. The van der Waals surface area contributed by atoms with Gasteiger partial charge >= 0.3 is 0 Å². The molecule has 20 heavy (non-hydrogen) atoms. The van der Waals surface area contributed by atoms with E-state index in [1.807, 2.05) is 39.1 Å². The molecule has 0 aliphatic heterocycles. The van der Waals surface area contributed by atoms with E-state index in [-0.39, 0.29) is 18.6 Å². The van der Waals surface area contributed by atoms with E-state index in [2.05, 4.69) is 17.6 Å². The topological polar surface area (TPSA) is 50.4 Å². The minimum absolute atomic E-state index is 0.0651. The van der Waals surface area contributed by atoms with E-state index in [0.717, 1.165) is 36.3 Å². The van der Waals surface area contributed by atoms with Crippen molar-refractivity contribution in [2.24, 2.45) is 0 Å². The number of rotatable bonds is 8. The molecule has 4 nitrogen and oxygen atoms in total. The van der Waals surface area contributed by atoms with E-state index in [1.54, 1.807) is 0 Å². The van der Waals surface area contributed by atoms with Crippen molar-refractivity contribution in [3.63, 3.8) is 0 Å². The normalized spacial score (nSPS) is 12.0. The highest BCUT2D eigenvalue weighted by Crippen LogP contribution is 2.23. The highest BCUT2D eigenvalue weighted by molar-refractivity contribution is 5.77. The molecule has 1 amide bonds. The van der Waals surface area contributed by atoms with E-state index >= 15 is 0 Å². The van der Waals surface area contributed by atoms with Gasteiger partial charge in [-0.3, -0.25) is 4.79 Å². The summed E-state index contributed by atoms with van der Waals surface area (Å²) in [6, 6.07) is 6.20. The molecule has 0 bridgehead atoms. The van der Waals surface area contributed by atoms with Crippen LogP contribution < -0.4 is 15.4 Å². The average Bonchev–Trinajstić information content (AvgIpc) is 2.38. The fourth-order valence-electron chi connectivity index (χ4n) is 2.21. The van der Waals surface area contributed by atoms with Crippen molar-refractivity contribution in [3.05, 3.63) is 29.3 Å². The van der Waals surface area contributed by atoms with Gasteiger partial charge in [0.05, 0.1) is 0 Å². The maximum Gasteiger partial charge on any atom is 0.258 e. The lowest BCUT2D eigenvalue weighted by Gasteiger charge is -2.16. The monoisotopic (exact) mass is 278 g/mol. The molecule has 0 aliphatic rings. The van der Waals surface area contributed by atoms with Gasteiger partial charge in [0.15, 0.2) is 6.61 Å². The van der Waals surface area contributed by atoms with Crippen molar-refractivity contribution in [1.29, 1.82) is 0 Å². The van der Waals surface area contributed by atoms with Crippen LogP contribution in [0.25, 0.3) is 0 Å². The zero-order chi connectivity index (χ0) is 15.0. The van der Waals surface area contributed by atoms with Crippen molar-refractivity contribution in [3.8, 4) is 5.75 Å². The Labute approximate surface area is 121 Å². The van der Waals surface area contributed by atoms with E-state index in [4.69, 9.17) is 4.74 Å². The Morgan fingerprint density at radius 3 is 2.80 bits per heavy atom. The van der Waals surface area contributed by atoms with Crippen LogP contribution in [0.4, 0.5) is 0 Å². The molecule has 2 N–H and O–H groups in total. The van der Waals surface area contributed by atoms with Crippen LogP contribution in [0.5, 0.6) is 5.75 Å². The Kier molecular flexibility index (Phi) is 7.09. The van der Waals surface area contributed by atoms with Crippen LogP contribution in [0.2, 0.25) is 0 Å². The van der Waals surface area contributed by atoms with Crippen molar-refractivity contribution < 1.29 is 9.53 Å². The molecule has 1 unspecified atom stereocenters. The summed E-state index contributed by atoms with van der Waals surface area (Å²) >= 11 is 0. The first-order valence-corrected chi connectivity index (χ1v) is 7.23. The quantitative estimate of drug-likeness (QED) is 0.767. The lowest BCUT2D eigenvalue weighted by Crippen LogP contribution is -2.36. The third kappa shape index (κ3) is 5.21. The SMILES string of the molecule is CCCC(C)NC(=O)COc1c(C)cccc1CNC. The lowest BCUT2D eigenvalue weighted by atomic mass is 10.1. The van der Waals surface area contributed by atoms with Crippen LogP contribution >= 0.6 is 0 Å². The molecule has 1 aromatic carbocycles. The minimum atomic E-state index is -0.0652. The first-order valence-electron chi connectivity index (χ1n) is 7.23. The molecular weight excluding hydrogens is 252 g/mol. The molecule has 0 radical (unpaired) electrons. The van der Waals surface area contributed by atoms with Gasteiger partial charge in [0.1, 0.15) is 5.75 Å². The third-order valence-electron chi connectivity index (χ3n) is 3.14. The molecule has 112 valence electrons. The zero-order valence-electron chi connectivity index (χ0n) is 13.0. The van der Waals surface area contributed by atoms with Gasteiger partial charge in [-0.25, -0.2) is 0 Å². The molecule has 1 aromatic rings. The van der Waals surface area contributed by atoms with Crippen LogP contribution in [0.1, 0.15) is 37.8 Å². The van der Waals surface area contributed by atoms with Gasteiger partial charge in [-0.15, -0.1) is 0 Å². The standard InChI is InChI=1S/C16H26N2O2/c1-5-7-13(3)18-15(19)11-20-16-12(2)8-6-9-14(16)10-17-4/h6,8-9,13,17H,5,7,10-11H2,1-4H3,(H,18,19). The molecule has 1 atom stereocenters. The fraction of sp³-hybridized carbons (Fsp3) is 0.562. The Balaban J connectivity index is 2.58. The minimum Gasteiger partial charge on any atom is -0.483 e. The summed E-state index contributed by atoms with van der Waals surface area (Å²) in [7, 11) is 1.89. The summed E-state index contributed by atoms with van der Waals surface area (Å²) in [6.07, 6.45) is 2.05. The average molecular weight is 278 g/mol. The number of aryl methyl sites for hydroxylation is 1. The number of carbonyl (C=O) groups is 1. The van der Waals surface area contributed by atoms with Gasteiger partial charge in [-0.2, -0.15) is 0 Å². The highest BCUT2D eigenvalue weighted by Gasteiger charge is 2.10. The van der Waals surface area contributed by atoms with Gasteiger partial charge in [-0.1, -0.05) is 31.5 Å². The summed E-state index contributed by atoms with van der Waals surface area (Å²) in [5, 5.41) is 6.05. The molecule has 0 saturated carbocycles. The molecule has 1 rings (SSSR count). The predicted molar refractivity (Wildman–Crippen MR) is 82.0 cm³/mol. The number of hydrogen-bond donors (Lipinski definition) is 2. The van der Waals surface area contributed by atoms with Crippen molar-refractivity contribution in [2.45, 2.75) is 46.2 Å². The van der Waals surface area contributed by atoms with E-state index in [0.29, 0.717) is 0 Å². The molecule has 0 aromatic heterocycles. The summed E-state index contributed by atoms with van der Waals surface area (Å²) in [5.41, 5.74) is 2.12. The number of para-hydroxylation sites is 1. The van der Waals surface area contributed by atoms with Crippen LogP contribution in [0.3, 0.4) is 0 Å². The van der Waals surface area contributed by atoms with E-state index in [9.17, 15) is 4.79 Å². The highest BCUT2D eigenvalue weighted by atomic mass is 16.5. The summed E-state index contributed by atoms with van der Waals surface area (Å²) in [6.45, 7) is 6.91. The Morgan fingerprint density at radius 1 is 1.40 bits per heavy atom. The molecule has 0 aliphatic carbocycles. The molecule has 0 heterocycles. The second kappa shape index (κ2) is 8.59. The Morgan fingerprint density at radius 2 is 2.15 bits per heavy atom. The van der Waals surface area contributed by atoms with Crippen molar-refractivity contribution >= 4 is 5.91 Å². The van der Waals surface area contributed by atoms with Crippen molar-refractivity contribution in [1.82, 2.24) is 10.6 Å². The van der Waals surface area contributed by atoms with Gasteiger partial charge in [0, 0.05) is 18.2 Å². The molecule has 4 heteroatoms. The second-order valence-electron chi connectivity index (χ2n) is 5.14. The van der Waals surface area contributed by atoms with Crippen LogP contribution in [0, 0.1) is 6.92 Å². The number of ether oxygens (including phenoxy) is 1. The van der Waals surface area contributed by atoms with E-state index in [1.165, 1.54) is 0 Å². The Hall–Kier alpha value is -1.55. The van der Waals surface area contributed by atoms with Gasteiger partial charge < -0.3 is 15.4 Å².